The first-order chi connectivity index (χ1) is 23.7. The number of nitrogens with one attached hydrogen (secondary N) is 4. The van der Waals surface area contributed by atoms with E-state index in [-0.39, 0.29) is 69.7 Å². The van der Waals surface area contributed by atoms with Crippen LogP contribution in [0.2, 0.25) is 0 Å². The van der Waals surface area contributed by atoms with Gasteiger partial charge in [0.05, 0.1) is 44.2 Å². The Kier molecular flexibility index (Phi) is 12.6. The Bertz CT molecular complexity index is 1490. The molecule has 2 saturated heterocycles. The number of halogens is 3. The third-order valence-corrected chi connectivity index (χ3v) is 8.58. The zero-order valence-corrected chi connectivity index (χ0v) is 26.8. The Hall–Kier alpha value is -4.48. The van der Waals surface area contributed by atoms with Crippen LogP contribution in [0, 0.1) is 23.5 Å². The molecule has 14 nitrogen and oxygen atoms in total. The molecule has 3 aliphatic rings. The minimum Gasteiger partial charge on any atom is -0.448 e. The summed E-state index contributed by atoms with van der Waals surface area (Å²) in [7, 11) is 0. The van der Waals surface area contributed by atoms with Crippen molar-refractivity contribution in [2.75, 3.05) is 72.3 Å². The third kappa shape index (κ3) is 9.57. The zero-order valence-electron chi connectivity index (χ0n) is 26.8. The van der Waals surface area contributed by atoms with Crippen molar-refractivity contribution in [2.24, 2.45) is 11.8 Å². The van der Waals surface area contributed by atoms with Crippen LogP contribution in [-0.2, 0) is 23.8 Å². The van der Waals surface area contributed by atoms with Crippen molar-refractivity contribution in [2.45, 2.75) is 25.1 Å². The zero-order chi connectivity index (χ0) is 34.8. The number of alkyl halides is 1. The van der Waals surface area contributed by atoms with E-state index in [4.69, 9.17) is 14.2 Å². The number of aromatic nitrogens is 2. The number of amides is 5. The number of hydrogen-bond donors (Lipinski definition) is 4. The fraction of sp³-hybridized carbons (Fsp3) is 0.531. The van der Waals surface area contributed by atoms with E-state index in [9.17, 15) is 32.3 Å². The average Bonchev–Trinajstić information content (AvgIpc) is 3.83. The molecule has 0 aliphatic carbocycles. The van der Waals surface area contributed by atoms with Gasteiger partial charge in [0, 0.05) is 63.0 Å². The molecule has 3 aliphatic heterocycles. The molecular weight excluding hydrogens is 651 g/mol. The van der Waals surface area contributed by atoms with E-state index in [0.29, 0.717) is 38.4 Å². The van der Waals surface area contributed by atoms with Gasteiger partial charge in [0.15, 0.2) is 0 Å². The summed E-state index contributed by atoms with van der Waals surface area (Å²) >= 11 is 0. The third-order valence-electron chi connectivity index (χ3n) is 8.58. The summed E-state index contributed by atoms with van der Waals surface area (Å²) in [6.07, 6.45) is 3.00. The van der Waals surface area contributed by atoms with E-state index in [1.54, 1.807) is 0 Å². The van der Waals surface area contributed by atoms with Crippen molar-refractivity contribution in [3.63, 3.8) is 0 Å². The van der Waals surface area contributed by atoms with Gasteiger partial charge in [-0.1, -0.05) is 0 Å². The maximum atomic E-state index is 14.8. The van der Waals surface area contributed by atoms with Crippen LogP contribution in [0.5, 0.6) is 0 Å². The molecule has 2 aromatic rings. The van der Waals surface area contributed by atoms with Crippen LogP contribution in [0.1, 0.15) is 24.7 Å². The van der Waals surface area contributed by atoms with E-state index in [2.05, 4.69) is 25.9 Å². The highest BCUT2D eigenvalue weighted by molar-refractivity contribution is 6.12. The molecule has 4 N–H and O–H groups in total. The summed E-state index contributed by atoms with van der Waals surface area (Å²) in [4.78, 5) is 59.1. The molecule has 0 saturated carbocycles. The van der Waals surface area contributed by atoms with Gasteiger partial charge in [-0.2, -0.15) is 0 Å². The number of H-pyrrole nitrogens is 1. The van der Waals surface area contributed by atoms with Crippen LogP contribution in [0.3, 0.4) is 0 Å². The predicted octanol–water partition coefficient (Wildman–Crippen LogP) is 2.06. The standard InChI is InChI=1S/C32H40F3N7O7/c33-22-1-2-24(34)23(15-22)26-18-39-30(40-26)29(20-5-10-47-11-6-20)42(19-21-16-36-17-25(21)35)31(45)37-8-13-49-32(46)38-7-12-48-14-9-41-27(43)3-4-28(41)44/h1-4,15,18,20-21,25,29,36H,5-14,16-17,19H2,(H,37,45)(H,38,46)(H,39,40). The Morgan fingerprint density at radius 1 is 1.06 bits per heavy atom. The number of urea groups is 1. The van der Waals surface area contributed by atoms with Crippen molar-refractivity contribution in [1.29, 1.82) is 0 Å². The molecule has 1 aromatic heterocycles. The molecular formula is C32H40F3N7O7. The summed E-state index contributed by atoms with van der Waals surface area (Å²) in [6, 6.07) is 1.89. The lowest BCUT2D eigenvalue weighted by molar-refractivity contribution is -0.137. The topological polar surface area (TPSA) is 167 Å². The van der Waals surface area contributed by atoms with Gasteiger partial charge in [0.2, 0.25) is 0 Å². The number of imidazole rings is 1. The molecule has 17 heteroatoms. The SMILES string of the molecule is O=C(NCCOCCN1C(=O)C=CC1=O)OCCNC(=O)N(CC1CNCC1F)C(c1ncc(-c2cc(F)ccc2F)[nH]1)C1CCOCC1. The number of carbonyl (C=O) groups excluding carboxylic acids is 4. The largest absolute Gasteiger partial charge is 0.448 e. The number of ether oxygens (including phenoxy) is 3. The summed E-state index contributed by atoms with van der Waals surface area (Å²) in [5.41, 5.74) is 0.216. The number of benzene rings is 1. The highest BCUT2D eigenvalue weighted by atomic mass is 19.1. The van der Waals surface area contributed by atoms with Crippen molar-refractivity contribution < 1.29 is 46.6 Å². The number of hydrogen-bond acceptors (Lipinski definition) is 9. The van der Waals surface area contributed by atoms with E-state index < -0.39 is 53.7 Å². The van der Waals surface area contributed by atoms with Crippen LogP contribution in [0.4, 0.5) is 22.8 Å². The summed E-state index contributed by atoms with van der Waals surface area (Å²) in [6.45, 7) is 1.67. The normalized spacial score (nSPS) is 20.1. The van der Waals surface area contributed by atoms with Gasteiger partial charge in [-0.05, 0) is 37.0 Å². The smallest absolute Gasteiger partial charge is 0.407 e. The van der Waals surface area contributed by atoms with E-state index in [1.165, 1.54) is 23.2 Å². The molecule has 0 spiro atoms. The molecule has 0 radical (unpaired) electrons. The molecule has 0 bridgehead atoms. The predicted molar refractivity (Wildman–Crippen MR) is 168 cm³/mol. The molecule has 3 unspecified atom stereocenters. The Balaban J connectivity index is 1.17. The second kappa shape index (κ2) is 17.3. The van der Waals surface area contributed by atoms with Gasteiger partial charge in [-0.15, -0.1) is 0 Å². The van der Waals surface area contributed by atoms with Crippen LogP contribution >= 0.6 is 0 Å². The second-order valence-corrected chi connectivity index (χ2v) is 11.9. The van der Waals surface area contributed by atoms with E-state index in [1.807, 2.05) is 0 Å². The average molecular weight is 692 g/mol. The molecule has 5 rings (SSSR count). The first kappa shape index (κ1) is 35.8. The second-order valence-electron chi connectivity index (χ2n) is 11.9. The fourth-order valence-corrected chi connectivity index (χ4v) is 6.03. The molecule has 49 heavy (non-hydrogen) atoms. The monoisotopic (exact) mass is 691 g/mol. The van der Waals surface area contributed by atoms with Crippen LogP contribution < -0.4 is 16.0 Å². The van der Waals surface area contributed by atoms with Gasteiger partial charge in [-0.25, -0.2) is 27.7 Å². The number of imide groups is 1. The molecule has 3 atom stereocenters. The summed E-state index contributed by atoms with van der Waals surface area (Å²) in [5.74, 6) is -2.37. The minimum absolute atomic E-state index is 0.0149. The van der Waals surface area contributed by atoms with Crippen molar-refractivity contribution in [3.8, 4) is 11.3 Å². The number of rotatable bonds is 15. The Morgan fingerprint density at radius 2 is 1.82 bits per heavy atom. The van der Waals surface area contributed by atoms with Gasteiger partial charge >= 0.3 is 12.1 Å². The number of carbonyl (C=O) groups is 4. The minimum atomic E-state index is -1.18. The van der Waals surface area contributed by atoms with Crippen molar-refractivity contribution >= 4 is 23.9 Å². The maximum Gasteiger partial charge on any atom is 0.407 e. The van der Waals surface area contributed by atoms with Gasteiger partial charge in [-0.3, -0.25) is 14.5 Å². The van der Waals surface area contributed by atoms with Crippen LogP contribution in [-0.4, -0.2) is 122 Å². The molecule has 4 heterocycles. The van der Waals surface area contributed by atoms with Crippen molar-refractivity contribution in [1.82, 2.24) is 35.7 Å². The quantitative estimate of drug-likeness (QED) is 0.162. The van der Waals surface area contributed by atoms with Crippen LogP contribution in [0.15, 0.2) is 36.5 Å². The Labute approximate surface area is 280 Å². The maximum absolute atomic E-state index is 14.8. The van der Waals surface area contributed by atoms with Gasteiger partial charge in [0.1, 0.15) is 30.2 Å². The van der Waals surface area contributed by atoms with Gasteiger partial charge < -0.3 is 40.0 Å². The Morgan fingerprint density at radius 3 is 2.55 bits per heavy atom. The molecule has 1 aromatic carbocycles. The molecule has 266 valence electrons. The van der Waals surface area contributed by atoms with E-state index in [0.717, 1.165) is 23.1 Å². The lowest BCUT2D eigenvalue weighted by Crippen LogP contribution is -2.49. The molecule has 2 fully saturated rings. The lowest BCUT2D eigenvalue weighted by Gasteiger charge is -2.39. The fourth-order valence-electron chi connectivity index (χ4n) is 6.03. The number of alkyl carbamates (subject to hydrolysis) is 1. The van der Waals surface area contributed by atoms with E-state index >= 15 is 0 Å². The first-order valence-electron chi connectivity index (χ1n) is 16.2. The van der Waals surface area contributed by atoms with Crippen molar-refractivity contribution in [3.05, 3.63) is 54.0 Å². The highest BCUT2D eigenvalue weighted by Crippen LogP contribution is 2.36. The van der Waals surface area contributed by atoms with Gasteiger partial charge in [0.25, 0.3) is 11.8 Å². The lowest BCUT2D eigenvalue weighted by atomic mass is 9.89. The number of nitrogens with zero attached hydrogens (tertiary/aromatic N) is 3. The summed E-state index contributed by atoms with van der Waals surface area (Å²) < 4.78 is 59.5. The highest BCUT2D eigenvalue weighted by Gasteiger charge is 2.39. The molecule has 5 amide bonds. The number of aromatic amines is 1. The first-order valence-corrected chi connectivity index (χ1v) is 16.2. The van der Waals surface area contributed by atoms with Crippen LogP contribution in [0.25, 0.3) is 11.3 Å². The summed E-state index contributed by atoms with van der Waals surface area (Å²) in [5, 5.41) is 8.27.